The Morgan fingerprint density at radius 1 is 1.26 bits per heavy atom. The summed E-state index contributed by atoms with van der Waals surface area (Å²) >= 11 is 0. The summed E-state index contributed by atoms with van der Waals surface area (Å²) < 4.78 is 5.16. The monoisotopic (exact) mass is 423 g/mol. The number of pyridine rings is 1. The molecular weight excluding hydrogens is 394 g/mol. The van der Waals surface area contributed by atoms with Crippen LogP contribution in [0.3, 0.4) is 0 Å². The number of aromatic nitrogens is 1. The van der Waals surface area contributed by atoms with Crippen LogP contribution >= 0.6 is 0 Å². The second-order valence-corrected chi connectivity index (χ2v) is 8.77. The van der Waals surface area contributed by atoms with Crippen LogP contribution < -0.4 is 5.32 Å². The molecule has 1 aromatic carbocycles. The predicted octanol–water partition coefficient (Wildman–Crippen LogP) is 3.10. The van der Waals surface area contributed by atoms with Crippen LogP contribution in [-0.2, 0) is 14.3 Å². The molecule has 0 spiro atoms. The molecule has 2 amide bonds. The third-order valence-electron chi connectivity index (χ3n) is 5.37. The Balaban J connectivity index is 1.80. The Bertz CT molecular complexity index is 996. The van der Waals surface area contributed by atoms with Crippen LogP contribution in [0.4, 0.5) is 0 Å². The van der Waals surface area contributed by atoms with Crippen molar-refractivity contribution in [3.8, 4) is 0 Å². The van der Waals surface area contributed by atoms with Gasteiger partial charge in [0.25, 0.3) is 5.91 Å². The summed E-state index contributed by atoms with van der Waals surface area (Å²) in [4.78, 5) is 44.7. The van der Waals surface area contributed by atoms with Crippen LogP contribution in [0, 0.1) is 5.41 Å². The maximum absolute atomic E-state index is 13.4. The molecular formula is C24H29N3O4. The van der Waals surface area contributed by atoms with Gasteiger partial charge in [-0.2, -0.15) is 0 Å². The molecule has 164 valence electrons. The quantitative estimate of drug-likeness (QED) is 0.570. The molecule has 2 heterocycles. The fourth-order valence-electron chi connectivity index (χ4n) is 3.72. The summed E-state index contributed by atoms with van der Waals surface area (Å²) in [5, 5.41) is 3.79. The number of nitrogens with one attached hydrogen (secondary N) is 1. The van der Waals surface area contributed by atoms with E-state index >= 15 is 0 Å². The van der Waals surface area contributed by atoms with Crippen molar-refractivity contribution >= 4 is 28.7 Å². The third-order valence-corrected chi connectivity index (χ3v) is 5.37. The molecule has 1 saturated heterocycles. The van der Waals surface area contributed by atoms with E-state index in [0.29, 0.717) is 24.9 Å². The molecule has 1 aliphatic rings. The molecule has 2 atom stereocenters. The van der Waals surface area contributed by atoms with Gasteiger partial charge in [-0.15, -0.1) is 0 Å². The Hall–Kier alpha value is -3.22. The highest BCUT2D eigenvalue weighted by Gasteiger charge is 2.42. The second kappa shape index (κ2) is 9.29. The highest BCUT2D eigenvalue weighted by atomic mass is 16.5. The lowest BCUT2D eigenvalue weighted by Crippen LogP contribution is -2.56. The minimum Gasteiger partial charge on any atom is -0.460 e. The summed E-state index contributed by atoms with van der Waals surface area (Å²) in [5.41, 5.74) is 0.379. The first-order valence-electron chi connectivity index (χ1n) is 10.5. The van der Waals surface area contributed by atoms with E-state index in [1.54, 1.807) is 6.07 Å². The third kappa shape index (κ3) is 5.10. The minimum atomic E-state index is -0.818. The first-order valence-corrected chi connectivity index (χ1v) is 10.5. The molecule has 0 aliphatic carbocycles. The highest BCUT2D eigenvalue weighted by Crippen LogP contribution is 2.26. The zero-order valence-corrected chi connectivity index (χ0v) is 18.3. The molecule has 2 aromatic rings. The van der Waals surface area contributed by atoms with Crippen molar-refractivity contribution in [2.75, 3.05) is 13.2 Å². The number of carbonyl (C=O) groups is 3. The maximum atomic E-state index is 13.4. The number of benzene rings is 1. The topological polar surface area (TPSA) is 88.6 Å². The molecule has 0 radical (unpaired) electrons. The maximum Gasteiger partial charge on any atom is 0.329 e. The van der Waals surface area contributed by atoms with Crippen molar-refractivity contribution in [1.82, 2.24) is 15.2 Å². The number of para-hydroxylation sites is 1. The van der Waals surface area contributed by atoms with Gasteiger partial charge in [0, 0.05) is 11.9 Å². The first-order chi connectivity index (χ1) is 14.7. The number of rotatable bonds is 6. The predicted molar refractivity (Wildman–Crippen MR) is 118 cm³/mol. The van der Waals surface area contributed by atoms with Gasteiger partial charge in [-0.05, 0) is 30.4 Å². The number of nitrogens with zero attached hydrogens (tertiary/aromatic N) is 2. The van der Waals surface area contributed by atoms with E-state index < -0.39 is 29.4 Å². The van der Waals surface area contributed by atoms with E-state index in [1.165, 1.54) is 11.0 Å². The average molecular weight is 424 g/mol. The normalized spacial score (nSPS) is 17.3. The smallest absolute Gasteiger partial charge is 0.329 e. The average Bonchev–Trinajstić information content (AvgIpc) is 3.24. The summed E-state index contributed by atoms with van der Waals surface area (Å²) in [5.74, 6) is -1.16. The number of carbonyl (C=O) groups excluding carboxylic acids is 3. The van der Waals surface area contributed by atoms with E-state index in [1.807, 2.05) is 51.1 Å². The second-order valence-electron chi connectivity index (χ2n) is 8.77. The number of fused-ring (bicyclic) bond motifs is 1. The molecule has 0 bridgehead atoms. The van der Waals surface area contributed by atoms with Crippen molar-refractivity contribution in [3.63, 3.8) is 0 Å². The zero-order chi connectivity index (χ0) is 22.6. The van der Waals surface area contributed by atoms with Crippen LogP contribution in [0.1, 0.15) is 44.1 Å². The molecule has 7 nitrogen and oxygen atoms in total. The fourth-order valence-corrected chi connectivity index (χ4v) is 3.72. The van der Waals surface area contributed by atoms with Gasteiger partial charge in [-0.25, -0.2) is 9.78 Å². The number of ether oxygens (including phenoxy) is 1. The lowest BCUT2D eigenvalue weighted by molar-refractivity contribution is -0.153. The number of likely N-dealkylation sites (tertiary alicyclic amines) is 1. The molecule has 1 aromatic heterocycles. The Labute approximate surface area is 182 Å². The zero-order valence-electron chi connectivity index (χ0n) is 18.3. The van der Waals surface area contributed by atoms with Gasteiger partial charge in [-0.1, -0.05) is 57.7 Å². The molecule has 1 N–H and O–H groups in total. The lowest BCUT2D eigenvalue weighted by Gasteiger charge is -2.35. The lowest BCUT2D eigenvalue weighted by atomic mass is 9.85. The fraction of sp³-hybridized carbons (Fsp3) is 0.417. The number of hydrogen-bond donors (Lipinski definition) is 1. The standard InChI is InChI=1S/C24H29N3O4/c1-5-15-31-23(30)19-11-8-14-27(19)22(29)20(24(2,3)4)26-21(28)18-13-12-16-9-6-7-10-17(16)25-18/h5-7,9-10,12-13,19-20H,1,8,11,14-15H2,2-4H3,(H,26,28)/t19-,20?/m1/s1. The van der Waals surface area contributed by atoms with Gasteiger partial charge in [0.05, 0.1) is 5.52 Å². The van der Waals surface area contributed by atoms with Gasteiger partial charge in [0.1, 0.15) is 24.4 Å². The van der Waals surface area contributed by atoms with E-state index in [9.17, 15) is 14.4 Å². The van der Waals surface area contributed by atoms with E-state index in [0.717, 1.165) is 5.39 Å². The Morgan fingerprint density at radius 3 is 2.71 bits per heavy atom. The van der Waals surface area contributed by atoms with Crippen LogP contribution in [0.15, 0.2) is 49.1 Å². The number of hydrogen-bond acceptors (Lipinski definition) is 5. The van der Waals surface area contributed by atoms with Crippen LogP contribution in [-0.4, -0.2) is 52.9 Å². The van der Waals surface area contributed by atoms with Crippen LogP contribution in [0.2, 0.25) is 0 Å². The van der Waals surface area contributed by atoms with Gasteiger partial charge in [-0.3, -0.25) is 9.59 Å². The van der Waals surface area contributed by atoms with Crippen molar-refractivity contribution in [2.24, 2.45) is 5.41 Å². The van der Waals surface area contributed by atoms with Gasteiger partial charge >= 0.3 is 5.97 Å². The Kier molecular flexibility index (Phi) is 6.73. The van der Waals surface area contributed by atoms with Crippen molar-refractivity contribution in [2.45, 2.75) is 45.7 Å². The number of esters is 1. The molecule has 7 heteroatoms. The molecule has 1 unspecified atom stereocenters. The largest absolute Gasteiger partial charge is 0.460 e. The van der Waals surface area contributed by atoms with Gasteiger partial charge in [0.15, 0.2) is 0 Å². The summed E-state index contributed by atoms with van der Waals surface area (Å²) in [6.45, 7) is 9.73. The molecule has 0 saturated carbocycles. The van der Waals surface area contributed by atoms with Crippen molar-refractivity contribution in [3.05, 3.63) is 54.7 Å². The van der Waals surface area contributed by atoms with Crippen LogP contribution in [0.25, 0.3) is 10.9 Å². The minimum absolute atomic E-state index is 0.102. The first kappa shape index (κ1) is 22.5. The van der Waals surface area contributed by atoms with Crippen LogP contribution in [0.5, 0.6) is 0 Å². The summed E-state index contributed by atoms with van der Waals surface area (Å²) in [6.07, 6.45) is 2.74. The van der Waals surface area contributed by atoms with Gasteiger partial charge < -0.3 is 15.0 Å². The summed E-state index contributed by atoms with van der Waals surface area (Å²) in [7, 11) is 0. The summed E-state index contributed by atoms with van der Waals surface area (Å²) in [6, 6.07) is 9.54. The number of amides is 2. The van der Waals surface area contributed by atoms with Gasteiger partial charge in [0.2, 0.25) is 5.91 Å². The molecule has 1 fully saturated rings. The van der Waals surface area contributed by atoms with Crippen molar-refractivity contribution in [1.29, 1.82) is 0 Å². The molecule has 3 rings (SSSR count). The van der Waals surface area contributed by atoms with E-state index in [4.69, 9.17) is 4.74 Å². The van der Waals surface area contributed by atoms with Crippen molar-refractivity contribution < 1.29 is 19.1 Å². The molecule has 31 heavy (non-hydrogen) atoms. The SMILES string of the molecule is C=CCOC(=O)[C@H]1CCCN1C(=O)C(NC(=O)c1ccc2ccccc2n1)C(C)(C)C. The molecule has 1 aliphatic heterocycles. The highest BCUT2D eigenvalue weighted by molar-refractivity contribution is 5.98. The van der Waals surface area contributed by atoms with E-state index in [-0.39, 0.29) is 18.2 Å². The van der Waals surface area contributed by atoms with E-state index in [2.05, 4.69) is 16.9 Å². The Morgan fingerprint density at radius 2 is 2.00 bits per heavy atom.